The van der Waals surface area contributed by atoms with E-state index in [1.807, 2.05) is 32.0 Å². The van der Waals surface area contributed by atoms with E-state index >= 15 is 0 Å². The molecule has 0 N–H and O–H groups in total. The van der Waals surface area contributed by atoms with E-state index in [4.69, 9.17) is 16.9 Å². The first-order valence-electron chi connectivity index (χ1n) is 4.76. The Balaban J connectivity index is 2.55. The van der Waals surface area contributed by atoms with Crippen molar-refractivity contribution in [1.29, 1.82) is 5.26 Å². The Bertz CT molecular complexity index is 581. The zero-order valence-corrected chi connectivity index (χ0v) is 10.5. The van der Waals surface area contributed by atoms with Crippen molar-refractivity contribution < 1.29 is 0 Å². The lowest BCUT2D eigenvalue weighted by Gasteiger charge is -2.02. The fourth-order valence-corrected chi connectivity index (χ4v) is 2.68. The molecule has 80 valence electrons. The van der Waals surface area contributed by atoms with E-state index in [1.54, 1.807) is 0 Å². The van der Waals surface area contributed by atoms with Crippen molar-refractivity contribution in [3.05, 3.63) is 39.4 Å². The average Bonchev–Trinajstić information content (AvgIpc) is 2.59. The van der Waals surface area contributed by atoms with Gasteiger partial charge in [-0.15, -0.1) is 11.3 Å². The predicted octanol–water partition coefficient (Wildman–Crippen LogP) is 3.95. The standard InChI is InChI=1S/C12H9ClN2S/c1-7-3-4-9(8(2)5-7)12-15-10(6-14)11(13)16-12/h3-5H,1-2H3. The average molecular weight is 249 g/mol. The summed E-state index contributed by atoms with van der Waals surface area (Å²) in [5.41, 5.74) is 3.71. The molecule has 2 rings (SSSR count). The molecule has 16 heavy (non-hydrogen) atoms. The SMILES string of the molecule is Cc1ccc(-c2nc(C#N)c(Cl)s2)c(C)c1. The summed E-state index contributed by atoms with van der Waals surface area (Å²) in [6.07, 6.45) is 0. The number of thiazole rings is 1. The molecule has 0 aliphatic heterocycles. The first-order chi connectivity index (χ1) is 7.61. The first-order valence-corrected chi connectivity index (χ1v) is 5.95. The molecule has 0 aliphatic carbocycles. The van der Waals surface area contributed by atoms with Gasteiger partial charge in [-0.1, -0.05) is 35.4 Å². The molecule has 0 unspecified atom stereocenters. The van der Waals surface area contributed by atoms with E-state index in [9.17, 15) is 0 Å². The second-order valence-electron chi connectivity index (χ2n) is 3.57. The molecule has 0 radical (unpaired) electrons. The Morgan fingerprint density at radius 3 is 2.69 bits per heavy atom. The molecule has 2 aromatic rings. The minimum atomic E-state index is 0.307. The zero-order chi connectivity index (χ0) is 11.7. The molecule has 0 atom stereocenters. The van der Waals surface area contributed by atoms with Crippen LogP contribution in [0.3, 0.4) is 0 Å². The van der Waals surface area contributed by atoms with Gasteiger partial charge < -0.3 is 0 Å². The van der Waals surface area contributed by atoms with Crippen LogP contribution in [-0.2, 0) is 0 Å². The number of benzene rings is 1. The monoisotopic (exact) mass is 248 g/mol. The summed E-state index contributed by atoms with van der Waals surface area (Å²) in [5, 5.41) is 9.61. The normalized spacial score (nSPS) is 10.1. The number of nitriles is 1. The Hall–Kier alpha value is -1.37. The summed E-state index contributed by atoms with van der Waals surface area (Å²) in [6.45, 7) is 4.08. The molecule has 0 aliphatic rings. The Morgan fingerprint density at radius 1 is 1.38 bits per heavy atom. The van der Waals surface area contributed by atoms with Gasteiger partial charge in [0.2, 0.25) is 0 Å². The molecule has 0 saturated carbocycles. The van der Waals surface area contributed by atoms with Gasteiger partial charge in [-0.25, -0.2) is 4.98 Å². The maximum atomic E-state index is 8.80. The molecule has 4 heteroatoms. The molecule has 1 aromatic carbocycles. The second kappa shape index (κ2) is 4.25. The summed E-state index contributed by atoms with van der Waals surface area (Å²) in [5.74, 6) is 0. The van der Waals surface area contributed by atoms with Crippen LogP contribution in [0.15, 0.2) is 18.2 Å². The van der Waals surface area contributed by atoms with E-state index in [-0.39, 0.29) is 0 Å². The van der Waals surface area contributed by atoms with Gasteiger partial charge in [0.1, 0.15) is 15.4 Å². The first kappa shape index (κ1) is 11.1. The van der Waals surface area contributed by atoms with Gasteiger partial charge in [0, 0.05) is 5.56 Å². The number of aryl methyl sites for hydroxylation is 2. The Morgan fingerprint density at radius 2 is 2.12 bits per heavy atom. The van der Waals surface area contributed by atoms with E-state index < -0.39 is 0 Å². The number of aromatic nitrogens is 1. The number of nitrogens with zero attached hydrogens (tertiary/aromatic N) is 2. The third kappa shape index (κ3) is 1.95. The van der Waals surface area contributed by atoms with Crippen LogP contribution >= 0.6 is 22.9 Å². The van der Waals surface area contributed by atoms with Gasteiger partial charge >= 0.3 is 0 Å². The zero-order valence-electron chi connectivity index (χ0n) is 8.91. The van der Waals surface area contributed by atoms with Gasteiger partial charge in [0.25, 0.3) is 0 Å². The highest BCUT2D eigenvalue weighted by Gasteiger charge is 2.11. The summed E-state index contributed by atoms with van der Waals surface area (Å²) in [4.78, 5) is 4.21. The fraction of sp³-hybridized carbons (Fsp3) is 0.167. The molecule has 0 bridgehead atoms. The van der Waals surface area contributed by atoms with E-state index in [1.165, 1.54) is 16.9 Å². The molecule has 0 fully saturated rings. The molecule has 2 nitrogen and oxygen atoms in total. The maximum absolute atomic E-state index is 8.80. The van der Waals surface area contributed by atoms with Gasteiger partial charge in [-0.05, 0) is 19.4 Å². The van der Waals surface area contributed by atoms with Crippen molar-refractivity contribution >= 4 is 22.9 Å². The van der Waals surface area contributed by atoms with Crippen LogP contribution in [0.25, 0.3) is 10.6 Å². The Kier molecular flexibility index (Phi) is 2.95. The van der Waals surface area contributed by atoms with E-state index in [0.717, 1.165) is 16.1 Å². The minimum absolute atomic E-state index is 0.307. The molecule has 0 spiro atoms. The van der Waals surface area contributed by atoms with Crippen molar-refractivity contribution in [3.63, 3.8) is 0 Å². The molecule has 1 heterocycles. The van der Waals surface area contributed by atoms with E-state index in [0.29, 0.717) is 10.0 Å². The summed E-state index contributed by atoms with van der Waals surface area (Å²) in [6, 6.07) is 8.12. The smallest absolute Gasteiger partial charge is 0.170 e. The van der Waals surface area contributed by atoms with Gasteiger partial charge in [0.15, 0.2) is 5.69 Å². The van der Waals surface area contributed by atoms with E-state index in [2.05, 4.69) is 11.1 Å². The Labute approximate surface area is 103 Å². The molecule has 0 saturated heterocycles. The van der Waals surface area contributed by atoms with Gasteiger partial charge in [-0.2, -0.15) is 5.26 Å². The lowest BCUT2D eigenvalue weighted by molar-refractivity contribution is 1.31. The third-order valence-electron chi connectivity index (χ3n) is 2.30. The van der Waals surface area contributed by atoms with Crippen molar-refractivity contribution in [2.45, 2.75) is 13.8 Å². The highest BCUT2D eigenvalue weighted by molar-refractivity contribution is 7.19. The van der Waals surface area contributed by atoms with Crippen molar-refractivity contribution in [3.8, 4) is 16.6 Å². The number of hydrogen-bond donors (Lipinski definition) is 0. The predicted molar refractivity (Wildman–Crippen MR) is 66.7 cm³/mol. The van der Waals surface area contributed by atoms with Crippen LogP contribution in [0.5, 0.6) is 0 Å². The van der Waals surface area contributed by atoms with Crippen molar-refractivity contribution in [1.82, 2.24) is 4.98 Å². The van der Waals surface area contributed by atoms with Crippen LogP contribution in [0, 0.1) is 25.2 Å². The molecular formula is C12H9ClN2S. The topological polar surface area (TPSA) is 36.7 Å². The molecule has 1 aromatic heterocycles. The largest absolute Gasteiger partial charge is 0.224 e. The highest BCUT2D eigenvalue weighted by atomic mass is 35.5. The van der Waals surface area contributed by atoms with Crippen molar-refractivity contribution in [2.24, 2.45) is 0 Å². The maximum Gasteiger partial charge on any atom is 0.170 e. The number of hydrogen-bond acceptors (Lipinski definition) is 3. The van der Waals surface area contributed by atoms with Gasteiger partial charge in [-0.3, -0.25) is 0 Å². The summed E-state index contributed by atoms with van der Waals surface area (Å²) in [7, 11) is 0. The highest BCUT2D eigenvalue weighted by Crippen LogP contribution is 2.33. The van der Waals surface area contributed by atoms with Crippen LogP contribution in [-0.4, -0.2) is 4.98 Å². The van der Waals surface area contributed by atoms with Crippen LogP contribution in [0.4, 0.5) is 0 Å². The summed E-state index contributed by atoms with van der Waals surface area (Å²) < 4.78 is 0.456. The molecular weight excluding hydrogens is 240 g/mol. The van der Waals surface area contributed by atoms with Gasteiger partial charge in [0.05, 0.1) is 0 Å². The van der Waals surface area contributed by atoms with Crippen LogP contribution in [0.2, 0.25) is 4.34 Å². The summed E-state index contributed by atoms with van der Waals surface area (Å²) >= 11 is 7.26. The quantitative estimate of drug-likeness (QED) is 0.766. The number of rotatable bonds is 1. The molecule has 0 amide bonds. The third-order valence-corrected chi connectivity index (χ3v) is 3.59. The number of halogens is 1. The fourth-order valence-electron chi connectivity index (χ4n) is 1.54. The van der Waals surface area contributed by atoms with Crippen LogP contribution in [0.1, 0.15) is 16.8 Å². The second-order valence-corrected chi connectivity index (χ2v) is 5.17. The van der Waals surface area contributed by atoms with Crippen molar-refractivity contribution in [2.75, 3.05) is 0 Å². The van der Waals surface area contributed by atoms with Crippen LogP contribution < -0.4 is 0 Å². The minimum Gasteiger partial charge on any atom is -0.224 e. The lowest BCUT2D eigenvalue weighted by Crippen LogP contribution is -1.84. The lowest BCUT2D eigenvalue weighted by atomic mass is 10.1.